The molecule has 8 nitrogen and oxygen atoms in total. The van der Waals surface area contributed by atoms with Gasteiger partial charge < -0.3 is 15.4 Å². The Labute approximate surface area is 110 Å². The normalized spacial score (nSPS) is 18.3. The summed E-state index contributed by atoms with van der Waals surface area (Å²) < 4.78 is 4.88. The zero-order valence-corrected chi connectivity index (χ0v) is 10.8. The van der Waals surface area contributed by atoms with Crippen LogP contribution in [0, 0.1) is 10.1 Å². The first-order valence-electron chi connectivity index (χ1n) is 6.23. The second-order valence-electron chi connectivity index (χ2n) is 4.35. The van der Waals surface area contributed by atoms with Crippen molar-refractivity contribution in [1.82, 2.24) is 15.3 Å². The summed E-state index contributed by atoms with van der Waals surface area (Å²) in [6, 6.07) is 0.482. The number of anilines is 1. The number of methoxy groups -OCH3 is 1. The minimum absolute atomic E-state index is 0.0264. The number of rotatable bonds is 6. The first-order chi connectivity index (χ1) is 9.22. The number of hydrogen-bond donors (Lipinski definition) is 2. The average molecular weight is 267 g/mol. The zero-order valence-electron chi connectivity index (χ0n) is 10.8. The van der Waals surface area contributed by atoms with E-state index in [0.717, 1.165) is 19.4 Å². The van der Waals surface area contributed by atoms with Gasteiger partial charge in [-0.15, -0.1) is 0 Å². The molecule has 1 saturated heterocycles. The van der Waals surface area contributed by atoms with E-state index in [1.807, 2.05) is 0 Å². The van der Waals surface area contributed by atoms with Crippen molar-refractivity contribution in [2.75, 3.05) is 25.5 Å². The Morgan fingerprint density at radius 3 is 3.11 bits per heavy atom. The van der Waals surface area contributed by atoms with Crippen LogP contribution in [-0.2, 0) is 0 Å². The molecule has 1 atom stereocenters. The summed E-state index contributed by atoms with van der Waals surface area (Å²) in [5, 5.41) is 17.4. The molecular formula is C11H17N5O3. The summed E-state index contributed by atoms with van der Waals surface area (Å²) in [6.45, 7) is 1.67. The molecule has 1 aliphatic heterocycles. The molecule has 0 aromatic carbocycles. The smallest absolute Gasteiger partial charge is 0.372 e. The molecule has 2 N–H and O–H groups in total. The Balaban J connectivity index is 2.00. The van der Waals surface area contributed by atoms with Crippen LogP contribution in [0.4, 0.5) is 11.5 Å². The van der Waals surface area contributed by atoms with Crippen LogP contribution in [0.5, 0.6) is 5.88 Å². The summed E-state index contributed by atoms with van der Waals surface area (Å²) in [5.41, 5.74) is -0.218. The van der Waals surface area contributed by atoms with Gasteiger partial charge in [-0.25, -0.2) is 4.98 Å². The molecule has 0 spiro atoms. The molecular weight excluding hydrogens is 250 g/mol. The highest BCUT2D eigenvalue weighted by molar-refractivity contribution is 5.60. The maximum absolute atomic E-state index is 11.0. The van der Waals surface area contributed by atoms with Gasteiger partial charge in [-0.1, -0.05) is 0 Å². The minimum atomic E-state index is -0.533. The highest BCUT2D eigenvalue weighted by Gasteiger charge is 2.23. The van der Waals surface area contributed by atoms with Gasteiger partial charge in [-0.3, -0.25) is 10.1 Å². The first kappa shape index (κ1) is 13.5. The van der Waals surface area contributed by atoms with Gasteiger partial charge in [0.2, 0.25) is 5.82 Å². The molecule has 1 fully saturated rings. The van der Waals surface area contributed by atoms with E-state index in [0.29, 0.717) is 12.6 Å². The molecule has 2 heterocycles. The largest absolute Gasteiger partial charge is 0.476 e. The van der Waals surface area contributed by atoms with Gasteiger partial charge in [0.05, 0.1) is 12.0 Å². The van der Waals surface area contributed by atoms with E-state index in [2.05, 4.69) is 20.6 Å². The molecule has 0 aliphatic carbocycles. The van der Waals surface area contributed by atoms with E-state index >= 15 is 0 Å². The Morgan fingerprint density at radius 2 is 2.47 bits per heavy atom. The Bertz CT molecular complexity index is 448. The van der Waals surface area contributed by atoms with E-state index in [9.17, 15) is 10.1 Å². The van der Waals surface area contributed by atoms with Gasteiger partial charge in [-0.2, -0.15) is 4.98 Å². The molecule has 19 heavy (non-hydrogen) atoms. The Hall–Kier alpha value is -1.96. The summed E-state index contributed by atoms with van der Waals surface area (Å²) in [4.78, 5) is 18.1. The number of nitrogens with one attached hydrogen (secondary N) is 2. The van der Waals surface area contributed by atoms with E-state index in [1.54, 1.807) is 0 Å². The predicted molar refractivity (Wildman–Crippen MR) is 69.4 cm³/mol. The second kappa shape index (κ2) is 6.28. The fourth-order valence-corrected chi connectivity index (χ4v) is 2.17. The van der Waals surface area contributed by atoms with Crippen LogP contribution >= 0.6 is 0 Å². The molecule has 1 aromatic rings. The van der Waals surface area contributed by atoms with E-state index in [-0.39, 0.29) is 17.4 Å². The molecule has 104 valence electrons. The minimum Gasteiger partial charge on any atom is -0.476 e. The van der Waals surface area contributed by atoms with Gasteiger partial charge in [0, 0.05) is 12.6 Å². The van der Waals surface area contributed by atoms with Crippen molar-refractivity contribution in [3.8, 4) is 5.88 Å². The Morgan fingerprint density at radius 1 is 1.63 bits per heavy atom. The van der Waals surface area contributed by atoms with E-state index < -0.39 is 4.92 Å². The molecule has 1 aliphatic rings. The summed E-state index contributed by atoms with van der Waals surface area (Å²) in [5.74, 6) is 0.177. The monoisotopic (exact) mass is 267 g/mol. The number of aromatic nitrogens is 2. The third kappa shape index (κ3) is 3.28. The van der Waals surface area contributed by atoms with E-state index in [4.69, 9.17) is 4.74 Å². The van der Waals surface area contributed by atoms with Gasteiger partial charge in [0.1, 0.15) is 6.33 Å². The molecule has 0 unspecified atom stereocenters. The summed E-state index contributed by atoms with van der Waals surface area (Å²) >= 11 is 0. The van der Waals surface area contributed by atoms with Crippen molar-refractivity contribution in [3.63, 3.8) is 0 Å². The van der Waals surface area contributed by atoms with Crippen LogP contribution < -0.4 is 15.4 Å². The molecule has 0 bridgehead atoms. The van der Waals surface area contributed by atoms with Crippen LogP contribution in [0.3, 0.4) is 0 Å². The standard InChI is InChI=1S/C11H17N5O3/c1-19-11-9(16(17)18)10(14-7-15-11)13-6-4-8-3-2-5-12-8/h7-8,12H,2-6H2,1H3,(H,13,14,15)/t8-/m0/s1. The number of hydrogen-bond acceptors (Lipinski definition) is 7. The van der Waals surface area contributed by atoms with Crippen molar-refractivity contribution in [1.29, 1.82) is 0 Å². The number of nitro groups is 1. The fourth-order valence-electron chi connectivity index (χ4n) is 2.17. The highest BCUT2D eigenvalue weighted by Crippen LogP contribution is 2.30. The SMILES string of the molecule is COc1ncnc(NCC[C@@H]2CCCN2)c1[N+](=O)[O-]. The zero-order chi connectivity index (χ0) is 13.7. The summed E-state index contributed by atoms with van der Waals surface area (Å²) in [7, 11) is 1.35. The molecule has 2 rings (SSSR count). The highest BCUT2D eigenvalue weighted by atomic mass is 16.6. The van der Waals surface area contributed by atoms with Crippen LogP contribution in [0.2, 0.25) is 0 Å². The van der Waals surface area contributed by atoms with Gasteiger partial charge in [0.15, 0.2) is 0 Å². The van der Waals surface area contributed by atoms with Gasteiger partial charge in [0.25, 0.3) is 5.88 Å². The fraction of sp³-hybridized carbons (Fsp3) is 0.636. The lowest BCUT2D eigenvalue weighted by Gasteiger charge is -2.11. The van der Waals surface area contributed by atoms with Gasteiger partial charge >= 0.3 is 5.69 Å². The van der Waals surface area contributed by atoms with Crippen molar-refractivity contribution in [3.05, 3.63) is 16.4 Å². The van der Waals surface area contributed by atoms with Crippen LogP contribution in [0.1, 0.15) is 19.3 Å². The van der Waals surface area contributed by atoms with E-state index in [1.165, 1.54) is 19.9 Å². The lowest BCUT2D eigenvalue weighted by Crippen LogP contribution is -2.24. The van der Waals surface area contributed by atoms with Crippen molar-refractivity contribution >= 4 is 11.5 Å². The predicted octanol–water partition coefficient (Wildman–Crippen LogP) is 0.947. The molecule has 0 amide bonds. The third-order valence-corrected chi connectivity index (χ3v) is 3.11. The lowest BCUT2D eigenvalue weighted by atomic mass is 10.1. The quantitative estimate of drug-likeness (QED) is 0.584. The maximum atomic E-state index is 11.0. The molecule has 0 saturated carbocycles. The topological polar surface area (TPSA) is 102 Å². The second-order valence-corrected chi connectivity index (χ2v) is 4.35. The summed E-state index contributed by atoms with van der Waals surface area (Å²) in [6.07, 6.45) is 4.49. The Kier molecular flexibility index (Phi) is 4.45. The first-order valence-corrected chi connectivity index (χ1v) is 6.23. The van der Waals surface area contributed by atoms with Crippen LogP contribution in [0.15, 0.2) is 6.33 Å². The maximum Gasteiger partial charge on any atom is 0.372 e. The van der Waals surface area contributed by atoms with Crippen LogP contribution in [0.25, 0.3) is 0 Å². The third-order valence-electron chi connectivity index (χ3n) is 3.11. The van der Waals surface area contributed by atoms with Gasteiger partial charge in [-0.05, 0) is 25.8 Å². The molecule has 8 heteroatoms. The number of ether oxygens (including phenoxy) is 1. The van der Waals surface area contributed by atoms with Crippen molar-refractivity contribution in [2.24, 2.45) is 0 Å². The van der Waals surface area contributed by atoms with Crippen LogP contribution in [-0.4, -0.2) is 41.1 Å². The molecule has 0 radical (unpaired) electrons. The van der Waals surface area contributed by atoms with Crippen molar-refractivity contribution < 1.29 is 9.66 Å². The lowest BCUT2D eigenvalue weighted by molar-refractivity contribution is -0.385. The number of nitrogens with zero attached hydrogens (tertiary/aromatic N) is 3. The molecule has 1 aromatic heterocycles. The van der Waals surface area contributed by atoms with Crippen molar-refractivity contribution in [2.45, 2.75) is 25.3 Å². The average Bonchev–Trinajstić information content (AvgIpc) is 2.91.